The predicted molar refractivity (Wildman–Crippen MR) is 134 cm³/mol. The molecule has 1 N–H and O–H groups in total. The number of aromatic nitrogens is 2. The van der Waals surface area contributed by atoms with Crippen molar-refractivity contribution in [1.29, 1.82) is 0 Å². The van der Waals surface area contributed by atoms with E-state index in [0.717, 1.165) is 44.8 Å². The first kappa shape index (κ1) is 26.3. The Bertz CT molecular complexity index is 1170. The third kappa shape index (κ3) is 7.88. The molecule has 1 saturated heterocycles. The predicted octanol–water partition coefficient (Wildman–Crippen LogP) is 3.79. The topological polar surface area (TPSA) is 85.7 Å². The van der Waals surface area contributed by atoms with Crippen molar-refractivity contribution in [1.82, 2.24) is 14.7 Å². The number of rotatable bonds is 8. The van der Waals surface area contributed by atoms with E-state index in [9.17, 15) is 14.0 Å². The van der Waals surface area contributed by atoms with Crippen LogP contribution in [0.4, 0.5) is 14.9 Å². The maximum atomic E-state index is 13.2. The van der Waals surface area contributed by atoms with E-state index in [1.807, 2.05) is 6.07 Å². The van der Waals surface area contributed by atoms with Crippen molar-refractivity contribution >= 4 is 24.2 Å². The molecule has 35 heavy (non-hydrogen) atoms. The molecule has 3 aromatic rings. The molecule has 0 atom stereocenters. The van der Waals surface area contributed by atoms with Gasteiger partial charge in [-0.2, -0.15) is 5.10 Å². The van der Waals surface area contributed by atoms with Crippen LogP contribution in [0.15, 0.2) is 65.5 Å². The van der Waals surface area contributed by atoms with E-state index in [1.54, 1.807) is 36.4 Å². The van der Waals surface area contributed by atoms with Gasteiger partial charge in [0.15, 0.2) is 0 Å². The van der Waals surface area contributed by atoms with Crippen molar-refractivity contribution in [3.8, 4) is 11.3 Å². The maximum absolute atomic E-state index is 13.2. The number of carbonyl (C=O) groups excluding carboxylic acids is 1. The number of amides is 1. The molecule has 1 fully saturated rings. The second-order valence-electron chi connectivity index (χ2n) is 7.99. The van der Waals surface area contributed by atoms with Crippen LogP contribution in [0.5, 0.6) is 0 Å². The molecule has 0 saturated carbocycles. The SMILES string of the molecule is Cl.O=C(Nc1cccc(Cn2nc(-c3ccc(F)cc3)ccc2=O)c1)OCCCN1CCOCC1. The van der Waals surface area contributed by atoms with Gasteiger partial charge in [0.1, 0.15) is 5.82 Å². The highest BCUT2D eigenvalue weighted by atomic mass is 35.5. The van der Waals surface area contributed by atoms with Crippen LogP contribution in [0.3, 0.4) is 0 Å². The highest BCUT2D eigenvalue weighted by Crippen LogP contribution is 2.16. The fraction of sp³-hybridized carbons (Fsp3) is 0.320. The van der Waals surface area contributed by atoms with Crippen LogP contribution in [-0.4, -0.2) is 60.2 Å². The quantitative estimate of drug-likeness (QED) is 0.472. The minimum absolute atomic E-state index is 0. The van der Waals surface area contributed by atoms with E-state index in [-0.39, 0.29) is 30.3 Å². The van der Waals surface area contributed by atoms with Crippen LogP contribution in [-0.2, 0) is 16.0 Å². The smallest absolute Gasteiger partial charge is 0.411 e. The summed E-state index contributed by atoms with van der Waals surface area (Å²) in [5, 5.41) is 7.13. The van der Waals surface area contributed by atoms with Crippen LogP contribution in [0, 0.1) is 5.82 Å². The van der Waals surface area contributed by atoms with Crippen LogP contribution >= 0.6 is 12.4 Å². The number of hydrogen-bond acceptors (Lipinski definition) is 6. The number of anilines is 1. The summed E-state index contributed by atoms with van der Waals surface area (Å²) in [6.07, 6.45) is 0.236. The van der Waals surface area contributed by atoms with Gasteiger partial charge in [-0.25, -0.2) is 13.9 Å². The molecule has 0 radical (unpaired) electrons. The summed E-state index contributed by atoms with van der Waals surface area (Å²) in [4.78, 5) is 26.8. The molecule has 2 heterocycles. The van der Waals surface area contributed by atoms with Gasteiger partial charge in [-0.05, 0) is 54.4 Å². The summed E-state index contributed by atoms with van der Waals surface area (Å²) in [6, 6.07) is 16.1. The first-order valence-electron chi connectivity index (χ1n) is 11.2. The lowest BCUT2D eigenvalue weighted by atomic mass is 10.1. The van der Waals surface area contributed by atoms with Crippen molar-refractivity contribution in [3.63, 3.8) is 0 Å². The maximum Gasteiger partial charge on any atom is 0.411 e. The first-order valence-corrected chi connectivity index (χ1v) is 11.2. The number of nitrogens with one attached hydrogen (secondary N) is 1. The molecule has 2 aromatic carbocycles. The van der Waals surface area contributed by atoms with E-state index in [0.29, 0.717) is 23.6 Å². The van der Waals surface area contributed by atoms with Crippen molar-refractivity contribution in [3.05, 3.63) is 82.4 Å². The zero-order chi connectivity index (χ0) is 23.8. The Labute approximate surface area is 209 Å². The fourth-order valence-corrected chi connectivity index (χ4v) is 3.69. The van der Waals surface area contributed by atoms with Gasteiger partial charge in [-0.3, -0.25) is 15.0 Å². The summed E-state index contributed by atoms with van der Waals surface area (Å²) in [5.74, 6) is -0.336. The zero-order valence-electron chi connectivity index (χ0n) is 19.2. The highest BCUT2D eigenvalue weighted by Gasteiger charge is 2.11. The Kier molecular flexibility index (Phi) is 9.77. The Hall–Kier alpha value is -3.27. The Morgan fingerprint density at radius 3 is 2.63 bits per heavy atom. The summed E-state index contributed by atoms with van der Waals surface area (Å²) in [7, 11) is 0. The number of hydrogen-bond donors (Lipinski definition) is 1. The van der Waals surface area contributed by atoms with Crippen LogP contribution in [0.1, 0.15) is 12.0 Å². The number of ether oxygens (including phenoxy) is 2. The van der Waals surface area contributed by atoms with Gasteiger partial charge in [0.05, 0.1) is 32.1 Å². The molecular formula is C25H28ClFN4O4. The van der Waals surface area contributed by atoms with Crippen molar-refractivity contribution in [2.24, 2.45) is 0 Å². The van der Waals surface area contributed by atoms with Gasteiger partial charge >= 0.3 is 6.09 Å². The molecule has 4 rings (SSSR count). The van der Waals surface area contributed by atoms with Crippen molar-refractivity contribution < 1.29 is 18.7 Å². The lowest BCUT2D eigenvalue weighted by Crippen LogP contribution is -2.37. The van der Waals surface area contributed by atoms with E-state index in [4.69, 9.17) is 9.47 Å². The minimum Gasteiger partial charge on any atom is -0.449 e. The fourth-order valence-electron chi connectivity index (χ4n) is 3.69. The Morgan fingerprint density at radius 1 is 1.09 bits per heavy atom. The second-order valence-corrected chi connectivity index (χ2v) is 7.99. The third-order valence-corrected chi connectivity index (χ3v) is 5.47. The van der Waals surface area contributed by atoms with E-state index in [1.165, 1.54) is 22.9 Å². The number of benzene rings is 2. The Morgan fingerprint density at radius 2 is 1.86 bits per heavy atom. The zero-order valence-corrected chi connectivity index (χ0v) is 20.0. The summed E-state index contributed by atoms with van der Waals surface area (Å²) in [5.41, 5.74) is 2.37. The summed E-state index contributed by atoms with van der Waals surface area (Å²) >= 11 is 0. The average Bonchev–Trinajstić information content (AvgIpc) is 2.85. The van der Waals surface area contributed by atoms with Crippen molar-refractivity contribution in [2.75, 3.05) is 44.8 Å². The summed E-state index contributed by atoms with van der Waals surface area (Å²) in [6.45, 7) is 4.72. The molecule has 186 valence electrons. The monoisotopic (exact) mass is 502 g/mol. The van der Waals surface area contributed by atoms with Gasteiger partial charge < -0.3 is 9.47 Å². The lowest BCUT2D eigenvalue weighted by molar-refractivity contribution is 0.0348. The highest BCUT2D eigenvalue weighted by molar-refractivity contribution is 5.85. The van der Waals surface area contributed by atoms with Crippen LogP contribution in [0.2, 0.25) is 0 Å². The number of morpholine rings is 1. The van der Waals surface area contributed by atoms with Crippen LogP contribution in [0.25, 0.3) is 11.3 Å². The molecule has 0 aliphatic carbocycles. The third-order valence-electron chi connectivity index (χ3n) is 5.47. The molecule has 10 heteroatoms. The molecule has 1 aliphatic heterocycles. The number of nitrogens with zero attached hydrogens (tertiary/aromatic N) is 3. The second kappa shape index (κ2) is 13.0. The minimum atomic E-state index is -0.521. The largest absolute Gasteiger partial charge is 0.449 e. The van der Waals surface area contributed by atoms with E-state index < -0.39 is 6.09 Å². The molecule has 0 unspecified atom stereocenters. The molecule has 1 aliphatic rings. The van der Waals surface area contributed by atoms with E-state index in [2.05, 4.69) is 15.3 Å². The lowest BCUT2D eigenvalue weighted by Gasteiger charge is -2.26. The van der Waals surface area contributed by atoms with Gasteiger partial charge in [0.25, 0.3) is 5.56 Å². The van der Waals surface area contributed by atoms with E-state index >= 15 is 0 Å². The average molecular weight is 503 g/mol. The van der Waals surface area contributed by atoms with Gasteiger partial charge in [-0.15, -0.1) is 12.4 Å². The first-order chi connectivity index (χ1) is 16.6. The molecule has 0 bridgehead atoms. The van der Waals surface area contributed by atoms with Gasteiger partial charge in [0.2, 0.25) is 0 Å². The molecule has 8 nitrogen and oxygen atoms in total. The van der Waals surface area contributed by atoms with Crippen LogP contribution < -0.4 is 10.9 Å². The Balaban J connectivity index is 0.00000342. The standard InChI is InChI=1S/C25H27FN4O4.ClH/c26-21-7-5-20(6-8-21)23-9-10-24(31)30(28-23)18-19-3-1-4-22(17-19)27-25(32)34-14-2-11-29-12-15-33-16-13-29;/h1,3-10,17H,2,11-16,18H2,(H,27,32);1H. The summed E-state index contributed by atoms with van der Waals surface area (Å²) < 4.78 is 25.1. The molecule has 1 amide bonds. The molecule has 1 aromatic heterocycles. The van der Waals surface area contributed by atoms with Gasteiger partial charge in [0, 0.05) is 37.0 Å². The molecular weight excluding hydrogens is 475 g/mol. The normalized spacial score (nSPS) is 13.6. The van der Waals surface area contributed by atoms with Crippen molar-refractivity contribution in [2.45, 2.75) is 13.0 Å². The van der Waals surface area contributed by atoms with Gasteiger partial charge in [-0.1, -0.05) is 12.1 Å². The number of carbonyl (C=O) groups is 1. The number of halogens is 2. The molecule has 0 spiro atoms.